The quantitative estimate of drug-likeness (QED) is 0.902. The van der Waals surface area contributed by atoms with Gasteiger partial charge in [0.2, 0.25) is 0 Å². The topological polar surface area (TPSA) is 47.3 Å². The van der Waals surface area contributed by atoms with Crippen LogP contribution in [0.15, 0.2) is 0 Å². The van der Waals surface area contributed by atoms with Crippen LogP contribution in [0.4, 0.5) is 0 Å². The van der Waals surface area contributed by atoms with E-state index in [9.17, 15) is 5.11 Å². The molecule has 4 nitrogen and oxygen atoms in total. The third-order valence-electron chi connectivity index (χ3n) is 3.32. The molecule has 1 aromatic rings. The van der Waals surface area contributed by atoms with Gasteiger partial charge < -0.3 is 9.84 Å². The molecule has 17 heavy (non-hydrogen) atoms. The smallest absolute Gasteiger partial charge is 0.132 e. The molecule has 1 aliphatic rings. The van der Waals surface area contributed by atoms with Crippen molar-refractivity contribution in [3.8, 4) is 0 Å². The third-order valence-corrected chi connectivity index (χ3v) is 3.76. The van der Waals surface area contributed by atoms with Gasteiger partial charge in [0, 0.05) is 19.2 Å². The molecule has 0 saturated carbocycles. The highest BCUT2D eigenvalue weighted by Gasteiger charge is 2.22. The normalized spacial score (nSPS) is 22.0. The molecule has 1 N–H and O–H groups in total. The second-order valence-corrected chi connectivity index (χ2v) is 5.00. The molecule has 0 spiro atoms. The number of ether oxygens (including phenoxy) is 1. The van der Waals surface area contributed by atoms with E-state index in [4.69, 9.17) is 16.3 Å². The molecule has 0 amide bonds. The number of hydrogen-bond acceptors (Lipinski definition) is 3. The van der Waals surface area contributed by atoms with Crippen molar-refractivity contribution in [1.82, 2.24) is 9.78 Å². The first kappa shape index (κ1) is 12.9. The molecule has 5 heteroatoms. The summed E-state index contributed by atoms with van der Waals surface area (Å²) < 4.78 is 7.14. The van der Waals surface area contributed by atoms with E-state index in [0.717, 1.165) is 37.1 Å². The van der Waals surface area contributed by atoms with Crippen LogP contribution in [0.1, 0.15) is 43.0 Å². The molecule has 0 aromatic carbocycles. The zero-order valence-electron chi connectivity index (χ0n) is 10.3. The zero-order valence-corrected chi connectivity index (χ0v) is 11.1. The fraction of sp³-hybridized carbons (Fsp3) is 0.750. The number of aromatic nitrogens is 2. The fourth-order valence-electron chi connectivity index (χ4n) is 2.39. The van der Waals surface area contributed by atoms with Crippen LogP contribution in [0.3, 0.4) is 0 Å². The van der Waals surface area contributed by atoms with Gasteiger partial charge in [0.15, 0.2) is 0 Å². The first-order valence-corrected chi connectivity index (χ1v) is 6.46. The van der Waals surface area contributed by atoms with Gasteiger partial charge in [-0.15, -0.1) is 0 Å². The van der Waals surface area contributed by atoms with Gasteiger partial charge in [0.05, 0.1) is 17.9 Å². The van der Waals surface area contributed by atoms with Gasteiger partial charge >= 0.3 is 0 Å². The highest BCUT2D eigenvalue weighted by molar-refractivity contribution is 6.30. The maximum absolute atomic E-state index is 10.2. The molecule has 96 valence electrons. The van der Waals surface area contributed by atoms with Gasteiger partial charge in [-0.3, -0.25) is 4.68 Å². The molecule has 0 radical (unpaired) electrons. The van der Waals surface area contributed by atoms with E-state index in [-0.39, 0.29) is 0 Å². The number of nitrogens with zero attached hydrogens (tertiary/aromatic N) is 2. The van der Waals surface area contributed by atoms with Gasteiger partial charge in [-0.05, 0) is 32.6 Å². The minimum atomic E-state index is -0.541. The van der Waals surface area contributed by atoms with Crippen molar-refractivity contribution in [1.29, 1.82) is 0 Å². The maximum atomic E-state index is 10.2. The zero-order chi connectivity index (χ0) is 12.4. The summed E-state index contributed by atoms with van der Waals surface area (Å²) >= 11 is 6.11. The summed E-state index contributed by atoms with van der Waals surface area (Å²) in [5.74, 6) is 0. The SMILES string of the molecule is Cc1nn(C)c(Cl)c1C(O)CCC1CCCO1. The number of hydrogen-bond donors (Lipinski definition) is 1. The van der Waals surface area contributed by atoms with E-state index in [1.54, 1.807) is 11.7 Å². The summed E-state index contributed by atoms with van der Waals surface area (Å²) in [7, 11) is 1.78. The lowest BCUT2D eigenvalue weighted by Gasteiger charge is -2.13. The molecule has 0 bridgehead atoms. The van der Waals surface area contributed by atoms with Crippen LogP contribution in [0, 0.1) is 6.92 Å². The number of halogens is 1. The molecule has 1 fully saturated rings. The van der Waals surface area contributed by atoms with Crippen molar-refractivity contribution in [3.63, 3.8) is 0 Å². The summed E-state index contributed by atoms with van der Waals surface area (Å²) in [5, 5.41) is 14.9. The standard InChI is InChI=1S/C12H19ClN2O2/c1-8-11(12(13)15(2)14-8)10(16)6-5-9-4-3-7-17-9/h9-10,16H,3-7H2,1-2H3. The first-order chi connectivity index (χ1) is 8.09. The summed E-state index contributed by atoms with van der Waals surface area (Å²) in [6, 6.07) is 0. The Kier molecular flexibility index (Phi) is 4.07. The minimum Gasteiger partial charge on any atom is -0.388 e. The Bertz CT molecular complexity index is 386. The van der Waals surface area contributed by atoms with E-state index < -0.39 is 6.10 Å². The van der Waals surface area contributed by atoms with Crippen LogP contribution >= 0.6 is 11.6 Å². The molecular formula is C12H19ClN2O2. The Morgan fingerprint density at radius 2 is 2.41 bits per heavy atom. The van der Waals surface area contributed by atoms with Crippen molar-refractivity contribution < 1.29 is 9.84 Å². The molecule has 0 aliphatic carbocycles. The Morgan fingerprint density at radius 3 is 2.94 bits per heavy atom. The molecule has 1 aliphatic heterocycles. The molecular weight excluding hydrogens is 240 g/mol. The van der Waals surface area contributed by atoms with E-state index >= 15 is 0 Å². The molecule has 1 saturated heterocycles. The van der Waals surface area contributed by atoms with Gasteiger partial charge in [-0.25, -0.2) is 0 Å². The van der Waals surface area contributed by atoms with Crippen molar-refractivity contribution in [3.05, 3.63) is 16.4 Å². The van der Waals surface area contributed by atoms with Crippen molar-refractivity contribution in [2.45, 2.75) is 44.8 Å². The predicted octanol–water partition coefficient (Wildman–Crippen LogP) is 2.37. The van der Waals surface area contributed by atoms with E-state index in [0.29, 0.717) is 17.7 Å². The van der Waals surface area contributed by atoms with Crippen molar-refractivity contribution in [2.75, 3.05) is 6.61 Å². The molecule has 2 atom stereocenters. The Hall–Kier alpha value is -0.580. The van der Waals surface area contributed by atoms with E-state index in [1.165, 1.54) is 0 Å². The Labute approximate surface area is 107 Å². The van der Waals surface area contributed by atoms with Crippen LogP contribution in [0.5, 0.6) is 0 Å². The van der Waals surface area contributed by atoms with Crippen LogP contribution < -0.4 is 0 Å². The number of aliphatic hydroxyl groups is 1. The predicted molar refractivity (Wildman–Crippen MR) is 66.1 cm³/mol. The average molecular weight is 259 g/mol. The lowest BCUT2D eigenvalue weighted by Crippen LogP contribution is -2.08. The van der Waals surface area contributed by atoms with Crippen LogP contribution in [0.2, 0.25) is 5.15 Å². The fourth-order valence-corrected chi connectivity index (χ4v) is 2.69. The van der Waals surface area contributed by atoms with E-state index in [1.807, 2.05) is 6.92 Å². The van der Waals surface area contributed by atoms with Crippen LogP contribution in [-0.2, 0) is 11.8 Å². The van der Waals surface area contributed by atoms with E-state index in [2.05, 4.69) is 5.10 Å². The molecule has 2 rings (SSSR count). The Balaban J connectivity index is 1.96. The van der Waals surface area contributed by atoms with Gasteiger partial charge in [0.1, 0.15) is 5.15 Å². The lowest BCUT2D eigenvalue weighted by molar-refractivity contribution is 0.0811. The molecule has 2 unspecified atom stereocenters. The lowest BCUT2D eigenvalue weighted by atomic mass is 10.0. The van der Waals surface area contributed by atoms with Crippen molar-refractivity contribution in [2.24, 2.45) is 7.05 Å². The summed E-state index contributed by atoms with van der Waals surface area (Å²) in [5.41, 5.74) is 1.56. The number of aryl methyl sites for hydroxylation is 2. The first-order valence-electron chi connectivity index (χ1n) is 6.08. The minimum absolute atomic E-state index is 0.306. The monoisotopic (exact) mass is 258 g/mol. The maximum Gasteiger partial charge on any atom is 0.132 e. The second-order valence-electron chi connectivity index (χ2n) is 4.64. The second kappa shape index (κ2) is 5.38. The Morgan fingerprint density at radius 1 is 1.65 bits per heavy atom. The van der Waals surface area contributed by atoms with Gasteiger partial charge in [0.25, 0.3) is 0 Å². The van der Waals surface area contributed by atoms with Crippen molar-refractivity contribution >= 4 is 11.6 Å². The highest BCUT2D eigenvalue weighted by atomic mass is 35.5. The third kappa shape index (κ3) is 2.81. The summed E-state index contributed by atoms with van der Waals surface area (Å²) in [6.07, 6.45) is 3.56. The molecule has 2 heterocycles. The average Bonchev–Trinajstić information content (AvgIpc) is 2.86. The van der Waals surface area contributed by atoms with Gasteiger partial charge in [-0.1, -0.05) is 11.6 Å². The number of aliphatic hydroxyl groups excluding tert-OH is 1. The highest BCUT2D eigenvalue weighted by Crippen LogP contribution is 2.30. The number of rotatable bonds is 4. The van der Waals surface area contributed by atoms with Crippen LogP contribution in [-0.4, -0.2) is 27.6 Å². The van der Waals surface area contributed by atoms with Gasteiger partial charge in [-0.2, -0.15) is 5.10 Å². The van der Waals surface area contributed by atoms with Crippen LogP contribution in [0.25, 0.3) is 0 Å². The summed E-state index contributed by atoms with van der Waals surface area (Å²) in [6.45, 7) is 2.73. The summed E-state index contributed by atoms with van der Waals surface area (Å²) in [4.78, 5) is 0. The largest absolute Gasteiger partial charge is 0.388 e. The molecule has 1 aromatic heterocycles.